The molecule has 3 aromatic rings. The van der Waals surface area contributed by atoms with E-state index in [1.165, 1.54) is 0 Å². The van der Waals surface area contributed by atoms with Gasteiger partial charge in [0.05, 0.1) is 0 Å². The number of hydrogen-bond donors (Lipinski definition) is 0. The summed E-state index contributed by atoms with van der Waals surface area (Å²) in [5.74, 6) is 0.228. The molecule has 1 aliphatic rings. The van der Waals surface area contributed by atoms with Gasteiger partial charge in [0.2, 0.25) is 0 Å². The van der Waals surface area contributed by atoms with Gasteiger partial charge in [-0.2, -0.15) is 0 Å². The fourth-order valence-corrected chi connectivity index (χ4v) is 4.51. The Morgan fingerprint density at radius 1 is 1.06 bits per heavy atom. The molecule has 0 N–H and O–H groups in total. The summed E-state index contributed by atoms with van der Waals surface area (Å²) >= 11 is 0. The molecular formula is C28H29NO2. The van der Waals surface area contributed by atoms with Gasteiger partial charge in [0.25, 0.3) is 0 Å². The molecule has 0 bridgehead atoms. The number of rotatable bonds is 8. The van der Waals surface area contributed by atoms with Crippen molar-refractivity contribution in [3.63, 3.8) is 0 Å². The van der Waals surface area contributed by atoms with Crippen molar-refractivity contribution in [3.8, 4) is 0 Å². The lowest BCUT2D eigenvalue weighted by atomic mass is 9.92. The molecule has 3 heteroatoms. The van der Waals surface area contributed by atoms with Crippen LogP contribution in [0, 0.1) is 0 Å². The number of fused-ring (bicyclic) bond motifs is 3. The van der Waals surface area contributed by atoms with Crippen LogP contribution in [0.1, 0.15) is 66.7 Å². The van der Waals surface area contributed by atoms with Crippen molar-refractivity contribution in [2.75, 3.05) is 0 Å². The lowest BCUT2D eigenvalue weighted by Crippen LogP contribution is -2.06. The second-order valence-electron chi connectivity index (χ2n) is 8.28. The fourth-order valence-electron chi connectivity index (χ4n) is 4.51. The van der Waals surface area contributed by atoms with Crippen molar-refractivity contribution in [1.82, 2.24) is 4.57 Å². The number of carbonyl (C=O) groups is 2. The van der Waals surface area contributed by atoms with Crippen LogP contribution < -0.4 is 0 Å². The highest BCUT2D eigenvalue weighted by atomic mass is 16.1. The maximum Gasteiger partial charge on any atom is 0.192 e. The topological polar surface area (TPSA) is 39.1 Å². The molecule has 31 heavy (non-hydrogen) atoms. The van der Waals surface area contributed by atoms with Gasteiger partial charge in [0.15, 0.2) is 11.6 Å². The number of carbonyl (C=O) groups excluding carboxylic acids is 2. The van der Waals surface area contributed by atoms with Crippen LogP contribution in [0.5, 0.6) is 0 Å². The molecule has 0 amide bonds. The highest BCUT2D eigenvalue weighted by Crippen LogP contribution is 2.32. The van der Waals surface area contributed by atoms with Gasteiger partial charge in [0.1, 0.15) is 0 Å². The van der Waals surface area contributed by atoms with Crippen LogP contribution in [0.3, 0.4) is 0 Å². The zero-order chi connectivity index (χ0) is 22.0. The predicted molar refractivity (Wildman–Crippen MR) is 129 cm³/mol. The number of aryl methyl sites for hydroxylation is 1. The number of unbranched alkanes of at least 4 members (excludes halogenated alkanes) is 1. The molecule has 0 saturated carbocycles. The second kappa shape index (κ2) is 8.89. The van der Waals surface area contributed by atoms with Crippen LogP contribution in [-0.2, 0) is 6.54 Å². The van der Waals surface area contributed by atoms with Crippen molar-refractivity contribution in [3.05, 3.63) is 83.5 Å². The summed E-state index contributed by atoms with van der Waals surface area (Å²) in [6.07, 6.45) is 10.0. The Morgan fingerprint density at radius 2 is 1.74 bits per heavy atom. The Labute approximate surface area is 183 Å². The highest BCUT2D eigenvalue weighted by molar-refractivity contribution is 6.16. The maximum atomic E-state index is 13.2. The molecule has 1 heterocycles. The van der Waals surface area contributed by atoms with Crippen molar-refractivity contribution >= 4 is 33.4 Å². The Hall–Kier alpha value is -3.20. The summed E-state index contributed by atoms with van der Waals surface area (Å²) in [6.45, 7) is 8.72. The van der Waals surface area contributed by atoms with E-state index in [1.54, 1.807) is 0 Å². The molecule has 0 spiro atoms. The van der Waals surface area contributed by atoms with Crippen LogP contribution in [0.15, 0.2) is 72.4 Å². The van der Waals surface area contributed by atoms with E-state index >= 15 is 0 Å². The number of allylic oxidation sites excluding steroid dienone is 5. The third kappa shape index (κ3) is 3.93. The standard InChI is InChI=1S/C28H29NO2/c1-4-6-7-12-27(30)20-13-15-25-23(17-20)24-18-21(14-16-26(24)29(25)5-2)28(31)22-11-9-8-10-19(22)3/h4,9,11,13-18H,1,5-8,10,12H2,2-3H3. The van der Waals surface area contributed by atoms with Crippen LogP contribution in [0.25, 0.3) is 21.8 Å². The summed E-state index contributed by atoms with van der Waals surface area (Å²) in [4.78, 5) is 25.9. The number of Topliss-reactive ketones (excluding diaryl/α,β-unsaturated/α-hetero) is 2. The molecule has 0 radical (unpaired) electrons. The molecule has 158 valence electrons. The fraction of sp³-hybridized carbons (Fsp3) is 0.286. The molecule has 0 saturated heterocycles. The molecule has 2 aromatic carbocycles. The maximum absolute atomic E-state index is 13.2. The first-order valence-corrected chi connectivity index (χ1v) is 11.2. The van der Waals surface area contributed by atoms with Gasteiger partial charge in [-0.25, -0.2) is 0 Å². The molecule has 4 rings (SSSR count). The van der Waals surface area contributed by atoms with E-state index in [0.29, 0.717) is 12.0 Å². The van der Waals surface area contributed by atoms with Crippen LogP contribution >= 0.6 is 0 Å². The van der Waals surface area contributed by atoms with Crippen molar-refractivity contribution in [2.45, 2.75) is 52.5 Å². The minimum atomic E-state index is 0.0735. The zero-order valence-electron chi connectivity index (χ0n) is 18.4. The molecule has 1 aliphatic carbocycles. The Bertz CT molecular complexity index is 1250. The average molecular weight is 412 g/mol. The lowest BCUT2D eigenvalue weighted by Gasteiger charge is -2.11. The highest BCUT2D eigenvalue weighted by Gasteiger charge is 2.18. The molecular weight excluding hydrogens is 382 g/mol. The smallest absolute Gasteiger partial charge is 0.192 e. The quantitative estimate of drug-likeness (QED) is 0.223. The number of benzene rings is 2. The third-order valence-electron chi connectivity index (χ3n) is 6.25. The van der Waals surface area contributed by atoms with Gasteiger partial charge in [0, 0.05) is 51.5 Å². The van der Waals surface area contributed by atoms with Crippen LogP contribution in [-0.4, -0.2) is 16.1 Å². The number of aromatic nitrogens is 1. The van der Waals surface area contributed by atoms with Crippen LogP contribution in [0.2, 0.25) is 0 Å². The SMILES string of the molecule is C=CCCCC(=O)c1ccc2c(c1)c1cc(C(=O)C3=C(C)CCC=C3)ccc1n2CC. The van der Waals surface area contributed by atoms with Crippen LogP contribution in [0.4, 0.5) is 0 Å². The van der Waals surface area contributed by atoms with E-state index in [4.69, 9.17) is 0 Å². The first-order valence-electron chi connectivity index (χ1n) is 11.2. The van der Waals surface area contributed by atoms with Gasteiger partial charge in [-0.15, -0.1) is 6.58 Å². The largest absolute Gasteiger partial charge is 0.341 e. The van der Waals surface area contributed by atoms with E-state index in [-0.39, 0.29) is 11.6 Å². The Kier molecular flexibility index (Phi) is 6.03. The first-order chi connectivity index (χ1) is 15.0. The summed E-state index contributed by atoms with van der Waals surface area (Å²) in [5, 5.41) is 2.06. The van der Waals surface area contributed by atoms with Gasteiger partial charge in [-0.3, -0.25) is 9.59 Å². The second-order valence-corrected chi connectivity index (χ2v) is 8.28. The van der Waals surface area contributed by atoms with Gasteiger partial charge in [-0.05, 0) is 75.9 Å². The monoisotopic (exact) mass is 411 g/mol. The average Bonchev–Trinajstić information content (AvgIpc) is 3.11. The first kappa shape index (κ1) is 21.0. The summed E-state index contributed by atoms with van der Waals surface area (Å²) in [7, 11) is 0. The van der Waals surface area contributed by atoms with E-state index in [0.717, 1.165) is 70.7 Å². The summed E-state index contributed by atoms with van der Waals surface area (Å²) in [5.41, 5.74) is 5.58. The van der Waals surface area contributed by atoms with E-state index < -0.39 is 0 Å². The third-order valence-corrected chi connectivity index (χ3v) is 6.25. The predicted octanol–water partition coefficient (Wildman–Crippen LogP) is 7.20. The Morgan fingerprint density at radius 3 is 2.39 bits per heavy atom. The molecule has 3 nitrogen and oxygen atoms in total. The number of ketones is 2. The molecule has 1 aromatic heterocycles. The minimum Gasteiger partial charge on any atom is -0.341 e. The number of hydrogen-bond acceptors (Lipinski definition) is 2. The van der Waals surface area contributed by atoms with E-state index in [9.17, 15) is 9.59 Å². The normalized spacial score (nSPS) is 13.9. The summed E-state index contributed by atoms with van der Waals surface area (Å²) < 4.78 is 2.25. The number of nitrogens with zero attached hydrogens (tertiary/aromatic N) is 1. The van der Waals surface area contributed by atoms with Gasteiger partial charge in [-0.1, -0.05) is 23.8 Å². The van der Waals surface area contributed by atoms with Gasteiger partial charge >= 0.3 is 0 Å². The minimum absolute atomic E-state index is 0.0735. The lowest BCUT2D eigenvalue weighted by molar-refractivity contribution is 0.0979. The van der Waals surface area contributed by atoms with E-state index in [2.05, 4.69) is 24.1 Å². The summed E-state index contributed by atoms with van der Waals surface area (Å²) in [6, 6.07) is 11.9. The van der Waals surface area contributed by atoms with Gasteiger partial charge < -0.3 is 4.57 Å². The molecule has 0 atom stereocenters. The Balaban J connectivity index is 1.81. The van der Waals surface area contributed by atoms with Crippen molar-refractivity contribution in [1.29, 1.82) is 0 Å². The van der Waals surface area contributed by atoms with Crippen molar-refractivity contribution < 1.29 is 9.59 Å². The van der Waals surface area contributed by atoms with E-state index in [1.807, 2.05) is 55.5 Å². The molecule has 0 unspecified atom stereocenters. The van der Waals surface area contributed by atoms with Crippen molar-refractivity contribution in [2.24, 2.45) is 0 Å². The molecule has 0 aliphatic heterocycles. The molecule has 0 fully saturated rings. The zero-order valence-corrected chi connectivity index (χ0v) is 18.4.